The highest BCUT2D eigenvalue weighted by Gasteiger charge is 2.51. The molecule has 1 aromatic carbocycles. The number of likely N-dealkylation sites (N-methyl/N-ethyl adjacent to an activating group) is 1. The van der Waals surface area contributed by atoms with Crippen LogP contribution < -0.4 is 5.32 Å². The number of hydrogen-bond donors (Lipinski definition) is 1. The molecule has 0 unspecified atom stereocenters. The molecule has 132 valence electrons. The molecule has 6 nitrogen and oxygen atoms in total. The van der Waals surface area contributed by atoms with Crippen LogP contribution in [-0.2, 0) is 15.0 Å². The van der Waals surface area contributed by atoms with Gasteiger partial charge in [0.2, 0.25) is 11.8 Å². The van der Waals surface area contributed by atoms with E-state index in [0.717, 1.165) is 22.9 Å². The predicted molar refractivity (Wildman–Crippen MR) is 95.1 cm³/mol. The first kappa shape index (κ1) is 16.6. The normalized spacial score (nSPS) is 23.8. The van der Waals surface area contributed by atoms with E-state index in [4.69, 9.17) is 0 Å². The number of halogens is 1. The molecule has 1 aromatic rings. The van der Waals surface area contributed by atoms with E-state index in [1.807, 2.05) is 18.2 Å². The zero-order chi connectivity index (χ0) is 17.8. The highest BCUT2D eigenvalue weighted by molar-refractivity contribution is 9.10. The van der Waals surface area contributed by atoms with Gasteiger partial charge in [0.05, 0.1) is 12.6 Å². The van der Waals surface area contributed by atoms with Crippen LogP contribution in [0.15, 0.2) is 22.7 Å². The van der Waals surface area contributed by atoms with Gasteiger partial charge in [0.25, 0.3) is 5.91 Å². The number of hydrogen-bond acceptors (Lipinski definition) is 3. The largest absolute Gasteiger partial charge is 0.350 e. The second-order valence-corrected chi connectivity index (χ2v) is 8.29. The molecule has 1 aliphatic carbocycles. The van der Waals surface area contributed by atoms with Crippen LogP contribution in [0, 0.1) is 0 Å². The fraction of sp³-hybridized carbons (Fsp3) is 0.500. The molecule has 1 atom stereocenters. The summed E-state index contributed by atoms with van der Waals surface area (Å²) in [5, 5.41) is 2.89. The van der Waals surface area contributed by atoms with E-state index in [0.29, 0.717) is 25.1 Å². The van der Waals surface area contributed by atoms with Crippen LogP contribution in [0.1, 0.15) is 35.2 Å². The summed E-state index contributed by atoms with van der Waals surface area (Å²) in [6.45, 7) is 1.16. The summed E-state index contributed by atoms with van der Waals surface area (Å²) in [4.78, 5) is 40.0. The van der Waals surface area contributed by atoms with Gasteiger partial charge in [0.15, 0.2) is 0 Å². The minimum atomic E-state index is -0.196. The summed E-state index contributed by atoms with van der Waals surface area (Å²) in [5.74, 6) is -0.247. The van der Waals surface area contributed by atoms with Crippen LogP contribution in [0.25, 0.3) is 0 Å². The van der Waals surface area contributed by atoms with Gasteiger partial charge in [-0.1, -0.05) is 15.9 Å². The molecule has 0 aromatic heterocycles. The van der Waals surface area contributed by atoms with E-state index < -0.39 is 0 Å². The summed E-state index contributed by atoms with van der Waals surface area (Å²) >= 11 is 3.48. The minimum Gasteiger partial charge on any atom is -0.350 e. The van der Waals surface area contributed by atoms with E-state index >= 15 is 0 Å². The van der Waals surface area contributed by atoms with E-state index in [9.17, 15) is 14.4 Å². The number of rotatable bonds is 3. The van der Waals surface area contributed by atoms with E-state index in [1.54, 1.807) is 16.8 Å². The number of nitrogens with one attached hydrogen (secondary N) is 1. The lowest BCUT2D eigenvalue weighted by Crippen LogP contribution is -2.49. The topological polar surface area (TPSA) is 69.7 Å². The van der Waals surface area contributed by atoms with Crippen LogP contribution in [0.2, 0.25) is 0 Å². The molecule has 2 aliphatic heterocycles. The number of amides is 3. The van der Waals surface area contributed by atoms with Gasteiger partial charge >= 0.3 is 0 Å². The Morgan fingerprint density at radius 3 is 2.76 bits per heavy atom. The molecule has 1 saturated carbocycles. The van der Waals surface area contributed by atoms with Crippen molar-refractivity contribution < 1.29 is 14.4 Å². The zero-order valence-corrected chi connectivity index (χ0v) is 15.6. The SMILES string of the molecule is CN1C[C@H](NC(=O)CN2CC3(CC3)c3cc(Br)ccc3C2=O)CC1=O. The first-order valence-corrected chi connectivity index (χ1v) is 9.30. The van der Waals surface area contributed by atoms with Gasteiger partial charge in [-0.15, -0.1) is 0 Å². The molecular weight excluding hydrogens is 386 g/mol. The third-order valence-electron chi connectivity index (χ3n) is 5.46. The summed E-state index contributed by atoms with van der Waals surface area (Å²) in [6.07, 6.45) is 2.42. The zero-order valence-electron chi connectivity index (χ0n) is 14.0. The summed E-state index contributed by atoms with van der Waals surface area (Å²) < 4.78 is 0.978. The van der Waals surface area contributed by atoms with Crippen LogP contribution in [0.3, 0.4) is 0 Å². The molecule has 2 heterocycles. The Bertz CT molecular complexity index is 775. The fourth-order valence-electron chi connectivity index (χ4n) is 3.95. The Balaban J connectivity index is 1.47. The highest BCUT2D eigenvalue weighted by atomic mass is 79.9. The Hall–Kier alpha value is -1.89. The van der Waals surface area contributed by atoms with Crippen molar-refractivity contribution in [3.8, 4) is 0 Å². The molecule has 0 radical (unpaired) electrons. The van der Waals surface area contributed by atoms with Gasteiger partial charge in [-0.3, -0.25) is 14.4 Å². The van der Waals surface area contributed by atoms with Gasteiger partial charge in [0.1, 0.15) is 0 Å². The molecule has 4 rings (SSSR count). The van der Waals surface area contributed by atoms with Gasteiger partial charge < -0.3 is 15.1 Å². The van der Waals surface area contributed by atoms with E-state index in [2.05, 4.69) is 21.2 Å². The van der Waals surface area contributed by atoms with Crippen LogP contribution in [0.5, 0.6) is 0 Å². The van der Waals surface area contributed by atoms with E-state index in [1.165, 1.54) is 0 Å². The summed E-state index contributed by atoms with van der Waals surface area (Å²) in [7, 11) is 1.73. The second-order valence-electron chi connectivity index (χ2n) is 7.37. The maximum absolute atomic E-state index is 12.8. The molecule has 1 spiro atoms. The Morgan fingerprint density at radius 1 is 1.36 bits per heavy atom. The first-order valence-electron chi connectivity index (χ1n) is 8.51. The quantitative estimate of drug-likeness (QED) is 0.823. The van der Waals surface area contributed by atoms with Crippen LogP contribution in [-0.4, -0.2) is 60.2 Å². The average Bonchev–Trinajstić information content (AvgIpc) is 3.25. The first-order chi connectivity index (χ1) is 11.9. The molecule has 0 bridgehead atoms. The molecule has 2 fully saturated rings. The monoisotopic (exact) mass is 405 g/mol. The Kier molecular flexibility index (Phi) is 3.86. The van der Waals surface area contributed by atoms with Gasteiger partial charge in [-0.25, -0.2) is 0 Å². The van der Waals surface area contributed by atoms with Gasteiger partial charge in [0, 0.05) is 42.0 Å². The molecule has 3 aliphatic rings. The van der Waals surface area contributed by atoms with Crippen molar-refractivity contribution >= 4 is 33.7 Å². The van der Waals surface area contributed by atoms with Crippen molar-refractivity contribution in [2.24, 2.45) is 0 Å². The maximum atomic E-state index is 12.8. The van der Waals surface area contributed by atoms with Crippen molar-refractivity contribution in [1.29, 1.82) is 0 Å². The molecule has 7 heteroatoms. The van der Waals surface area contributed by atoms with Gasteiger partial charge in [-0.2, -0.15) is 0 Å². The van der Waals surface area contributed by atoms with Crippen molar-refractivity contribution in [3.63, 3.8) is 0 Å². The number of carbonyl (C=O) groups excluding carboxylic acids is 3. The van der Waals surface area contributed by atoms with Gasteiger partial charge in [-0.05, 0) is 36.6 Å². The number of likely N-dealkylation sites (tertiary alicyclic amines) is 1. The number of carbonyl (C=O) groups is 3. The maximum Gasteiger partial charge on any atom is 0.254 e. The van der Waals surface area contributed by atoms with E-state index in [-0.39, 0.29) is 35.7 Å². The summed E-state index contributed by atoms with van der Waals surface area (Å²) in [6, 6.07) is 5.59. The molecular formula is C18H20BrN3O3. The lowest BCUT2D eigenvalue weighted by molar-refractivity contribution is -0.126. The summed E-state index contributed by atoms with van der Waals surface area (Å²) in [5.41, 5.74) is 1.82. The average molecular weight is 406 g/mol. The predicted octanol–water partition coefficient (Wildman–Crippen LogP) is 1.28. The second kappa shape index (κ2) is 5.83. The third-order valence-corrected chi connectivity index (χ3v) is 5.95. The van der Waals surface area contributed by atoms with Crippen molar-refractivity contribution in [3.05, 3.63) is 33.8 Å². The van der Waals surface area contributed by atoms with Crippen molar-refractivity contribution in [2.75, 3.05) is 26.7 Å². The fourth-order valence-corrected chi connectivity index (χ4v) is 4.31. The lowest BCUT2D eigenvalue weighted by Gasteiger charge is -2.34. The molecule has 1 N–H and O–H groups in total. The van der Waals surface area contributed by atoms with Crippen molar-refractivity contribution in [2.45, 2.75) is 30.7 Å². The lowest BCUT2D eigenvalue weighted by atomic mass is 9.86. The standard InChI is InChI=1S/C18H20BrN3O3/c1-21-8-12(7-16(21)24)20-15(23)9-22-10-18(4-5-18)14-6-11(19)2-3-13(14)17(22)25/h2-3,6,12H,4-5,7-10H2,1H3,(H,20,23)/t12-/m1/s1. The smallest absolute Gasteiger partial charge is 0.254 e. The van der Waals surface area contributed by atoms with Crippen molar-refractivity contribution in [1.82, 2.24) is 15.1 Å². The Morgan fingerprint density at radius 2 is 2.12 bits per heavy atom. The molecule has 25 heavy (non-hydrogen) atoms. The minimum absolute atomic E-state index is 0.0108. The number of nitrogens with zero attached hydrogens (tertiary/aromatic N) is 2. The Labute approximate surface area is 154 Å². The highest BCUT2D eigenvalue weighted by Crippen LogP contribution is 2.52. The molecule has 3 amide bonds. The number of fused-ring (bicyclic) bond motifs is 2. The molecule has 1 saturated heterocycles. The van der Waals surface area contributed by atoms with Crippen LogP contribution in [0.4, 0.5) is 0 Å². The number of benzene rings is 1. The van der Waals surface area contributed by atoms with Crippen LogP contribution >= 0.6 is 15.9 Å². The third kappa shape index (κ3) is 2.94.